The fraction of sp³-hybridized carbons (Fsp3) is 0.273. The molecule has 2 aromatic rings. The summed E-state index contributed by atoms with van der Waals surface area (Å²) >= 11 is 4.67. The van der Waals surface area contributed by atoms with E-state index in [2.05, 4.69) is 25.3 Å². The summed E-state index contributed by atoms with van der Waals surface area (Å²) in [6.07, 6.45) is 0.809. The lowest BCUT2D eigenvalue weighted by Crippen LogP contribution is -1.88. The van der Waals surface area contributed by atoms with Gasteiger partial charge in [-0.1, -0.05) is 6.92 Å². The van der Waals surface area contributed by atoms with E-state index in [-0.39, 0.29) is 0 Å². The Labute approximate surface area is 112 Å². The highest BCUT2D eigenvalue weighted by atomic mass is 79.9. The van der Waals surface area contributed by atoms with Crippen molar-refractivity contribution in [3.05, 3.63) is 28.5 Å². The summed E-state index contributed by atoms with van der Waals surface area (Å²) in [7, 11) is 1.63. The Morgan fingerprint density at radius 1 is 1.41 bits per heavy atom. The number of nitrogens with zero attached hydrogens (tertiary/aromatic N) is 2. The summed E-state index contributed by atoms with van der Waals surface area (Å²) in [5, 5.41) is 0.549. The van der Waals surface area contributed by atoms with E-state index in [0.29, 0.717) is 10.9 Å². The van der Waals surface area contributed by atoms with E-state index < -0.39 is 0 Å². The molecule has 0 saturated carbocycles. The zero-order valence-corrected chi connectivity index (χ0v) is 11.8. The Bertz CT molecular complexity index is 516. The number of aromatic nitrogens is 2. The summed E-state index contributed by atoms with van der Waals surface area (Å²) in [4.78, 5) is 4.24. The standard InChI is InChI=1S/C11H11BrN2O2S/c1-3-10-13-11(17-14-10)16-9-5-4-7(15-2)6-8(9)12/h4-6H,3H2,1-2H3. The Hall–Kier alpha value is -1.14. The minimum absolute atomic E-state index is 0.549. The van der Waals surface area contributed by atoms with Gasteiger partial charge in [0, 0.05) is 18.0 Å². The molecule has 0 aliphatic carbocycles. The highest BCUT2D eigenvalue weighted by molar-refractivity contribution is 9.10. The average molecular weight is 315 g/mol. The quantitative estimate of drug-likeness (QED) is 0.863. The summed E-state index contributed by atoms with van der Waals surface area (Å²) < 4.78 is 15.7. The van der Waals surface area contributed by atoms with Gasteiger partial charge in [-0.3, -0.25) is 0 Å². The Morgan fingerprint density at radius 2 is 2.24 bits per heavy atom. The number of hydrogen-bond donors (Lipinski definition) is 0. The lowest BCUT2D eigenvalue weighted by Gasteiger charge is -2.05. The van der Waals surface area contributed by atoms with E-state index in [0.717, 1.165) is 22.5 Å². The molecular weight excluding hydrogens is 304 g/mol. The van der Waals surface area contributed by atoms with Crippen LogP contribution in [0.15, 0.2) is 22.7 Å². The van der Waals surface area contributed by atoms with Crippen LogP contribution in [0.4, 0.5) is 0 Å². The Balaban J connectivity index is 2.18. The average Bonchev–Trinajstić information content (AvgIpc) is 2.79. The van der Waals surface area contributed by atoms with Crippen molar-refractivity contribution in [2.45, 2.75) is 13.3 Å². The van der Waals surface area contributed by atoms with Crippen LogP contribution < -0.4 is 9.47 Å². The molecular formula is C11H11BrN2O2S. The molecule has 17 heavy (non-hydrogen) atoms. The minimum Gasteiger partial charge on any atom is -0.497 e. The number of methoxy groups -OCH3 is 1. The molecule has 0 bridgehead atoms. The molecule has 0 unspecified atom stereocenters. The second-order valence-electron chi connectivity index (χ2n) is 3.23. The van der Waals surface area contributed by atoms with Gasteiger partial charge in [0.1, 0.15) is 17.3 Å². The van der Waals surface area contributed by atoms with Crippen LogP contribution in [-0.2, 0) is 6.42 Å². The van der Waals surface area contributed by atoms with Crippen LogP contribution >= 0.6 is 27.5 Å². The number of halogens is 1. The van der Waals surface area contributed by atoms with Crippen molar-refractivity contribution in [2.24, 2.45) is 0 Å². The van der Waals surface area contributed by atoms with Gasteiger partial charge in [0.05, 0.1) is 11.6 Å². The molecule has 6 heteroatoms. The van der Waals surface area contributed by atoms with E-state index in [1.807, 2.05) is 25.1 Å². The number of hydrogen-bond acceptors (Lipinski definition) is 5. The summed E-state index contributed by atoms with van der Waals surface area (Å²) in [5.74, 6) is 2.27. The van der Waals surface area contributed by atoms with Gasteiger partial charge >= 0.3 is 0 Å². The van der Waals surface area contributed by atoms with Gasteiger partial charge in [-0.05, 0) is 34.1 Å². The normalized spacial score (nSPS) is 10.3. The maximum absolute atomic E-state index is 5.63. The third kappa shape index (κ3) is 2.95. The monoisotopic (exact) mass is 314 g/mol. The summed E-state index contributed by atoms with van der Waals surface area (Å²) in [5.41, 5.74) is 0. The molecule has 0 spiro atoms. The molecule has 0 fully saturated rings. The van der Waals surface area contributed by atoms with Crippen molar-refractivity contribution in [3.63, 3.8) is 0 Å². The third-order valence-corrected chi connectivity index (χ3v) is 3.35. The molecule has 0 N–H and O–H groups in total. The lowest BCUT2D eigenvalue weighted by molar-refractivity contribution is 0.412. The largest absolute Gasteiger partial charge is 0.497 e. The molecule has 0 aliphatic heterocycles. The molecule has 2 rings (SSSR count). The first-order chi connectivity index (χ1) is 8.22. The van der Waals surface area contributed by atoms with Gasteiger partial charge in [-0.15, -0.1) is 0 Å². The maximum atomic E-state index is 5.63. The molecule has 1 heterocycles. The molecule has 90 valence electrons. The summed E-state index contributed by atoms with van der Waals surface area (Å²) in [6.45, 7) is 2.01. The van der Waals surface area contributed by atoms with Crippen molar-refractivity contribution in [1.29, 1.82) is 0 Å². The number of benzene rings is 1. The van der Waals surface area contributed by atoms with Crippen LogP contribution in [0, 0.1) is 0 Å². The fourth-order valence-corrected chi connectivity index (χ4v) is 2.27. The minimum atomic E-state index is 0.549. The second kappa shape index (κ2) is 5.46. The van der Waals surface area contributed by atoms with Crippen LogP contribution in [0.2, 0.25) is 0 Å². The van der Waals surface area contributed by atoms with Crippen LogP contribution in [0.3, 0.4) is 0 Å². The predicted molar refractivity (Wildman–Crippen MR) is 70.1 cm³/mol. The zero-order valence-electron chi connectivity index (χ0n) is 9.44. The van der Waals surface area contributed by atoms with E-state index in [1.165, 1.54) is 11.5 Å². The first kappa shape index (κ1) is 12.3. The number of aryl methyl sites for hydroxylation is 1. The van der Waals surface area contributed by atoms with Gasteiger partial charge in [-0.2, -0.15) is 9.36 Å². The number of rotatable bonds is 4. The Morgan fingerprint density at radius 3 is 2.82 bits per heavy atom. The van der Waals surface area contributed by atoms with Crippen molar-refractivity contribution in [2.75, 3.05) is 7.11 Å². The SMILES string of the molecule is CCc1nsc(Oc2ccc(OC)cc2Br)n1. The van der Waals surface area contributed by atoms with Gasteiger partial charge in [0.25, 0.3) is 5.19 Å². The van der Waals surface area contributed by atoms with E-state index >= 15 is 0 Å². The first-order valence-electron chi connectivity index (χ1n) is 5.07. The second-order valence-corrected chi connectivity index (χ2v) is 4.80. The molecule has 0 amide bonds. The molecule has 4 nitrogen and oxygen atoms in total. The van der Waals surface area contributed by atoms with Crippen molar-refractivity contribution in [3.8, 4) is 16.7 Å². The molecule has 0 radical (unpaired) electrons. The Kier molecular flexibility index (Phi) is 3.96. The smallest absolute Gasteiger partial charge is 0.298 e. The topological polar surface area (TPSA) is 44.2 Å². The zero-order chi connectivity index (χ0) is 12.3. The molecule has 0 aliphatic rings. The van der Waals surface area contributed by atoms with Crippen LogP contribution in [0.1, 0.15) is 12.7 Å². The number of ether oxygens (including phenoxy) is 2. The highest BCUT2D eigenvalue weighted by Gasteiger charge is 2.08. The molecule has 0 saturated heterocycles. The maximum Gasteiger partial charge on any atom is 0.298 e. The molecule has 1 aromatic carbocycles. The molecule has 1 aromatic heterocycles. The van der Waals surface area contributed by atoms with Gasteiger partial charge in [-0.25, -0.2) is 0 Å². The van der Waals surface area contributed by atoms with E-state index in [4.69, 9.17) is 9.47 Å². The third-order valence-electron chi connectivity index (χ3n) is 2.10. The van der Waals surface area contributed by atoms with Gasteiger partial charge in [0.2, 0.25) is 0 Å². The highest BCUT2D eigenvalue weighted by Crippen LogP contribution is 2.33. The van der Waals surface area contributed by atoms with Gasteiger partial charge in [0.15, 0.2) is 0 Å². The lowest BCUT2D eigenvalue weighted by atomic mass is 10.3. The van der Waals surface area contributed by atoms with Crippen LogP contribution in [-0.4, -0.2) is 16.5 Å². The molecule has 0 atom stereocenters. The van der Waals surface area contributed by atoms with E-state index in [1.54, 1.807) is 7.11 Å². The van der Waals surface area contributed by atoms with Gasteiger partial charge < -0.3 is 9.47 Å². The van der Waals surface area contributed by atoms with Crippen molar-refractivity contribution in [1.82, 2.24) is 9.36 Å². The fourth-order valence-electron chi connectivity index (χ4n) is 1.21. The van der Waals surface area contributed by atoms with Crippen molar-refractivity contribution < 1.29 is 9.47 Å². The van der Waals surface area contributed by atoms with E-state index in [9.17, 15) is 0 Å². The van der Waals surface area contributed by atoms with Crippen LogP contribution in [0.5, 0.6) is 16.7 Å². The first-order valence-corrected chi connectivity index (χ1v) is 6.63. The predicted octanol–water partition coefficient (Wildman–Crippen LogP) is 3.66. The van der Waals surface area contributed by atoms with Crippen LogP contribution in [0.25, 0.3) is 0 Å². The summed E-state index contributed by atoms with van der Waals surface area (Å²) in [6, 6.07) is 5.51. The van der Waals surface area contributed by atoms with Crippen molar-refractivity contribution >= 4 is 27.5 Å².